The quantitative estimate of drug-likeness (QED) is 0.113. The summed E-state index contributed by atoms with van der Waals surface area (Å²) in [7, 11) is -2.74. The minimum atomic E-state index is -2.74. The van der Waals surface area contributed by atoms with E-state index in [-0.39, 0.29) is 0 Å². The third kappa shape index (κ3) is 6.49. The molecule has 0 fully saturated rings. The second-order valence-electron chi connectivity index (χ2n) is 17.1. The van der Waals surface area contributed by atoms with Crippen LogP contribution < -0.4 is 20.7 Å². The van der Waals surface area contributed by atoms with Crippen LogP contribution in [0, 0.1) is 22.7 Å². The van der Waals surface area contributed by atoms with Gasteiger partial charge in [-0.15, -0.1) is 0 Å². The summed E-state index contributed by atoms with van der Waals surface area (Å²) in [5, 5.41) is 30.2. The summed E-state index contributed by atoms with van der Waals surface area (Å²) < 4.78 is 4.59. The smallest absolute Gasteiger partial charge is 0.179 e. The molecule has 0 bridgehead atoms. The lowest BCUT2D eigenvalue weighted by Crippen LogP contribution is -2.74. The average Bonchev–Trinajstić information content (AvgIpc) is 3.92. The molecule has 0 N–H and O–H groups in total. The molecule has 0 amide bonds. The highest BCUT2D eigenvalue weighted by Crippen LogP contribution is 2.38. The summed E-state index contributed by atoms with van der Waals surface area (Å²) in [6, 6.07) is 91.6. The topological polar surface area (TPSA) is 57.4 Å². The van der Waals surface area contributed by atoms with Crippen LogP contribution in [0.4, 0.5) is 0 Å². The third-order valence-electron chi connectivity index (χ3n) is 13.5. The Labute approximate surface area is 389 Å². The molecule has 0 atom stereocenters. The first-order valence-corrected chi connectivity index (χ1v) is 24.5. The van der Waals surface area contributed by atoms with Gasteiger partial charge in [-0.2, -0.15) is 10.5 Å². The van der Waals surface area contributed by atoms with Gasteiger partial charge in [-0.1, -0.05) is 170 Å². The molecule has 67 heavy (non-hydrogen) atoms. The predicted molar refractivity (Wildman–Crippen MR) is 279 cm³/mol. The fourth-order valence-electron chi connectivity index (χ4n) is 10.5. The summed E-state index contributed by atoms with van der Waals surface area (Å²) in [5.41, 5.74) is 11.4. The Morgan fingerprint density at radius 1 is 0.284 bits per heavy atom. The second-order valence-corrected chi connectivity index (χ2v) is 20.9. The van der Waals surface area contributed by atoms with Gasteiger partial charge in [0, 0.05) is 32.9 Å². The van der Waals surface area contributed by atoms with Gasteiger partial charge in [0.05, 0.1) is 45.3 Å². The lowest BCUT2D eigenvalue weighted by atomic mass is 9.96. The van der Waals surface area contributed by atoms with Gasteiger partial charge in [0.15, 0.2) is 8.07 Å². The monoisotopic (exact) mass is 868 g/mol. The lowest BCUT2D eigenvalue weighted by molar-refractivity contribution is 1.17. The number of fused-ring (bicyclic) bond motifs is 6. The number of rotatable bonds is 8. The SMILES string of the molecule is N#Cc1cc(-c2cc(-c3ccc([Si](c4ccccc4)(c4ccccc4)c4ccccc4)cc3)cc(-n3c4ccccc4c4ccccc43)c2)cc(-n2c3ccccc3c3cc(C#N)ccc32)c1. The summed E-state index contributed by atoms with van der Waals surface area (Å²) >= 11 is 0. The van der Waals surface area contributed by atoms with E-state index < -0.39 is 8.07 Å². The highest BCUT2D eigenvalue weighted by atomic mass is 28.3. The van der Waals surface area contributed by atoms with Gasteiger partial charge in [-0.25, -0.2) is 0 Å². The molecular formula is C62H40N4Si. The Hall–Kier alpha value is -9.00. The molecular weight excluding hydrogens is 829 g/mol. The Balaban J connectivity index is 1.09. The molecule has 0 saturated carbocycles. The van der Waals surface area contributed by atoms with Crippen LogP contribution in [0.2, 0.25) is 0 Å². The van der Waals surface area contributed by atoms with Crippen LogP contribution in [-0.4, -0.2) is 17.2 Å². The molecule has 0 aliphatic heterocycles. The average molecular weight is 869 g/mol. The van der Waals surface area contributed by atoms with E-state index in [0.29, 0.717) is 11.1 Å². The van der Waals surface area contributed by atoms with Gasteiger partial charge in [0.1, 0.15) is 0 Å². The van der Waals surface area contributed by atoms with Crippen LogP contribution in [0.3, 0.4) is 0 Å². The number of aromatic nitrogens is 2. The van der Waals surface area contributed by atoms with Crippen LogP contribution >= 0.6 is 0 Å². The van der Waals surface area contributed by atoms with Crippen molar-refractivity contribution >= 4 is 72.4 Å². The number of nitrogens with zero attached hydrogens (tertiary/aromatic N) is 4. The minimum absolute atomic E-state index is 0.560. The van der Waals surface area contributed by atoms with Crippen molar-refractivity contribution in [2.75, 3.05) is 0 Å². The van der Waals surface area contributed by atoms with Crippen LogP contribution in [0.5, 0.6) is 0 Å². The van der Waals surface area contributed by atoms with Crippen molar-refractivity contribution in [3.8, 4) is 45.8 Å². The Morgan fingerprint density at radius 3 is 1.16 bits per heavy atom. The summed E-state index contributed by atoms with van der Waals surface area (Å²) in [4.78, 5) is 0. The van der Waals surface area contributed by atoms with E-state index in [0.717, 1.165) is 66.5 Å². The number of hydrogen-bond acceptors (Lipinski definition) is 2. The second kappa shape index (κ2) is 16.2. The van der Waals surface area contributed by atoms with E-state index in [4.69, 9.17) is 0 Å². The van der Waals surface area contributed by atoms with E-state index in [2.05, 4.69) is 221 Å². The molecule has 5 heteroatoms. The van der Waals surface area contributed by atoms with E-state index in [9.17, 15) is 10.5 Å². The van der Waals surface area contributed by atoms with E-state index in [1.807, 2.05) is 42.5 Å². The van der Waals surface area contributed by atoms with Crippen molar-refractivity contribution in [1.82, 2.24) is 9.13 Å². The maximum Gasteiger partial charge on any atom is 0.179 e. The fraction of sp³-hybridized carbons (Fsp3) is 0. The lowest BCUT2D eigenvalue weighted by Gasteiger charge is -2.34. The predicted octanol–water partition coefficient (Wildman–Crippen LogP) is 12.3. The van der Waals surface area contributed by atoms with E-state index in [1.54, 1.807) is 0 Å². The first-order chi connectivity index (χ1) is 33.1. The zero-order chi connectivity index (χ0) is 44.9. The van der Waals surface area contributed by atoms with Crippen LogP contribution in [-0.2, 0) is 0 Å². The number of hydrogen-bond donors (Lipinski definition) is 0. The molecule has 2 aromatic heterocycles. The zero-order valence-electron chi connectivity index (χ0n) is 36.4. The van der Waals surface area contributed by atoms with Gasteiger partial charge in [0.25, 0.3) is 0 Å². The maximum atomic E-state index is 10.6. The maximum absolute atomic E-state index is 10.6. The molecule has 2 heterocycles. The molecule has 12 aromatic rings. The summed E-state index contributed by atoms with van der Waals surface area (Å²) in [6.07, 6.45) is 0. The molecule has 0 unspecified atom stereocenters. The molecule has 12 rings (SSSR count). The fourth-order valence-corrected chi connectivity index (χ4v) is 15.3. The molecule has 0 saturated heterocycles. The number of nitriles is 2. The Bertz CT molecular complexity index is 3780. The number of benzene rings is 10. The van der Waals surface area contributed by atoms with Crippen molar-refractivity contribution in [3.63, 3.8) is 0 Å². The number of para-hydroxylation sites is 3. The molecule has 0 aliphatic rings. The van der Waals surface area contributed by atoms with Crippen molar-refractivity contribution in [2.45, 2.75) is 0 Å². The van der Waals surface area contributed by atoms with Crippen LogP contribution in [0.1, 0.15) is 11.1 Å². The molecule has 0 aliphatic carbocycles. The van der Waals surface area contributed by atoms with Gasteiger partial charge >= 0.3 is 0 Å². The summed E-state index contributed by atoms with van der Waals surface area (Å²) in [5.74, 6) is 0. The van der Waals surface area contributed by atoms with Crippen molar-refractivity contribution < 1.29 is 0 Å². The molecule has 4 nitrogen and oxygen atoms in total. The molecule has 0 spiro atoms. The minimum Gasteiger partial charge on any atom is -0.309 e. The van der Waals surface area contributed by atoms with Gasteiger partial charge in [0.2, 0.25) is 0 Å². The highest BCUT2D eigenvalue weighted by molar-refractivity contribution is 7.19. The van der Waals surface area contributed by atoms with Gasteiger partial charge in [-0.3, -0.25) is 0 Å². The van der Waals surface area contributed by atoms with Gasteiger partial charge in [-0.05, 0) is 116 Å². The Kier molecular flexibility index (Phi) is 9.58. The van der Waals surface area contributed by atoms with E-state index >= 15 is 0 Å². The normalized spacial score (nSPS) is 11.6. The molecule has 10 aromatic carbocycles. The Morgan fingerprint density at radius 2 is 0.672 bits per heavy atom. The first-order valence-electron chi connectivity index (χ1n) is 22.5. The zero-order valence-corrected chi connectivity index (χ0v) is 37.4. The van der Waals surface area contributed by atoms with Crippen molar-refractivity contribution in [1.29, 1.82) is 10.5 Å². The van der Waals surface area contributed by atoms with E-state index in [1.165, 1.54) is 31.5 Å². The molecule has 312 valence electrons. The van der Waals surface area contributed by atoms with Gasteiger partial charge < -0.3 is 9.13 Å². The summed E-state index contributed by atoms with van der Waals surface area (Å²) in [6.45, 7) is 0. The van der Waals surface area contributed by atoms with Crippen molar-refractivity contribution in [3.05, 3.63) is 254 Å². The van der Waals surface area contributed by atoms with Crippen LogP contribution in [0.15, 0.2) is 243 Å². The highest BCUT2D eigenvalue weighted by Gasteiger charge is 2.41. The van der Waals surface area contributed by atoms with Crippen LogP contribution in [0.25, 0.3) is 77.2 Å². The third-order valence-corrected chi connectivity index (χ3v) is 18.3. The largest absolute Gasteiger partial charge is 0.309 e. The molecule has 0 radical (unpaired) electrons. The first kappa shape index (κ1) is 39.6. The standard InChI is InChI=1S/C62H40N4Si/c63-41-43-28-33-62-58(36-43)57-24-12-15-27-61(57)65(62)49-35-44(42-64)34-46(38-49)48-37-47(39-50(40-48)66-59-25-13-10-22-55(59)56-23-11-14-26-60(56)66)45-29-31-54(32-30-45)67(51-16-4-1-5-17-51,52-18-6-2-7-19-52)53-20-8-3-9-21-53/h1-40H. The van der Waals surface area contributed by atoms with Crippen molar-refractivity contribution in [2.24, 2.45) is 0 Å².